The summed E-state index contributed by atoms with van der Waals surface area (Å²) < 4.78 is 5.97. The van der Waals surface area contributed by atoms with Gasteiger partial charge in [0.15, 0.2) is 5.76 Å². The molecule has 0 fully saturated rings. The van der Waals surface area contributed by atoms with E-state index in [9.17, 15) is 9.59 Å². The summed E-state index contributed by atoms with van der Waals surface area (Å²) >= 11 is 1.52. The number of fused-ring (bicyclic) bond motifs is 2. The first-order valence-corrected chi connectivity index (χ1v) is 12.5. The van der Waals surface area contributed by atoms with Crippen molar-refractivity contribution in [1.82, 2.24) is 5.32 Å². The molecule has 0 spiro atoms. The number of carbonyl (C=O) groups is 2. The van der Waals surface area contributed by atoms with Gasteiger partial charge in [-0.3, -0.25) is 9.59 Å². The molecule has 0 bridgehead atoms. The Morgan fingerprint density at radius 2 is 1.71 bits per heavy atom. The summed E-state index contributed by atoms with van der Waals surface area (Å²) in [7, 11) is 0. The minimum absolute atomic E-state index is 0.147. The van der Waals surface area contributed by atoms with Crippen LogP contribution < -0.4 is 10.6 Å². The molecular formula is C28H28N2O3S. The van der Waals surface area contributed by atoms with Crippen LogP contribution in [0.25, 0.3) is 11.0 Å². The highest BCUT2D eigenvalue weighted by Crippen LogP contribution is 2.39. The van der Waals surface area contributed by atoms with Gasteiger partial charge in [0, 0.05) is 22.4 Å². The number of amides is 2. The normalized spacial score (nSPS) is 13.0. The zero-order chi connectivity index (χ0) is 23.8. The molecule has 2 N–H and O–H groups in total. The number of thiophene rings is 1. The molecule has 1 aliphatic carbocycles. The standard InChI is InChI=1S/C28H28N2O3S/c1-16-13-21-18(3)25(33-22(21)14-17(16)2)27(32)30-28-24(20-11-7-8-12-23(20)34-28)26(31)29-15-19-9-5-4-6-10-19/h4-6,9-10,13-14H,7-8,11-12,15H2,1-3H3,(H,29,31)(H,30,32). The van der Waals surface area contributed by atoms with Gasteiger partial charge < -0.3 is 15.1 Å². The summed E-state index contributed by atoms with van der Waals surface area (Å²) in [5, 5.41) is 7.61. The molecule has 5 rings (SSSR count). The van der Waals surface area contributed by atoms with Crippen molar-refractivity contribution in [3.8, 4) is 0 Å². The van der Waals surface area contributed by atoms with Crippen LogP contribution in [0.1, 0.15) is 66.4 Å². The van der Waals surface area contributed by atoms with Crippen molar-refractivity contribution in [2.45, 2.75) is 53.0 Å². The van der Waals surface area contributed by atoms with Gasteiger partial charge in [0.2, 0.25) is 0 Å². The van der Waals surface area contributed by atoms with Crippen LogP contribution in [0.15, 0.2) is 46.9 Å². The Labute approximate surface area is 203 Å². The molecule has 34 heavy (non-hydrogen) atoms. The van der Waals surface area contributed by atoms with Crippen LogP contribution in [0, 0.1) is 20.8 Å². The molecule has 0 radical (unpaired) electrons. The number of hydrogen-bond donors (Lipinski definition) is 2. The topological polar surface area (TPSA) is 71.3 Å². The predicted molar refractivity (Wildman–Crippen MR) is 137 cm³/mol. The van der Waals surface area contributed by atoms with E-state index in [-0.39, 0.29) is 11.8 Å². The lowest BCUT2D eigenvalue weighted by Crippen LogP contribution is -2.25. The monoisotopic (exact) mass is 472 g/mol. The summed E-state index contributed by atoms with van der Waals surface area (Å²) in [6.45, 7) is 6.43. The maximum atomic E-state index is 13.3. The lowest BCUT2D eigenvalue weighted by Gasteiger charge is -2.13. The van der Waals surface area contributed by atoms with Crippen molar-refractivity contribution in [2.24, 2.45) is 0 Å². The molecular weight excluding hydrogens is 444 g/mol. The van der Waals surface area contributed by atoms with Gasteiger partial charge in [-0.15, -0.1) is 11.3 Å². The van der Waals surface area contributed by atoms with Crippen LogP contribution in [0.3, 0.4) is 0 Å². The van der Waals surface area contributed by atoms with Crippen LogP contribution in [-0.2, 0) is 19.4 Å². The molecule has 1 aliphatic rings. The smallest absolute Gasteiger partial charge is 0.292 e. The molecule has 0 aliphatic heterocycles. The van der Waals surface area contributed by atoms with Gasteiger partial charge in [-0.1, -0.05) is 30.3 Å². The maximum Gasteiger partial charge on any atom is 0.292 e. The van der Waals surface area contributed by atoms with Gasteiger partial charge in [-0.05, 0) is 80.8 Å². The van der Waals surface area contributed by atoms with E-state index in [1.165, 1.54) is 16.2 Å². The summed E-state index contributed by atoms with van der Waals surface area (Å²) in [5.74, 6) is -0.173. The summed E-state index contributed by atoms with van der Waals surface area (Å²) in [5.41, 5.74) is 6.51. The third kappa shape index (κ3) is 4.14. The summed E-state index contributed by atoms with van der Waals surface area (Å²) in [6.07, 6.45) is 3.96. The molecule has 5 nitrogen and oxygen atoms in total. The van der Waals surface area contributed by atoms with Gasteiger partial charge in [0.1, 0.15) is 10.6 Å². The van der Waals surface area contributed by atoms with E-state index < -0.39 is 0 Å². The first-order valence-electron chi connectivity index (χ1n) is 11.7. The van der Waals surface area contributed by atoms with Gasteiger partial charge in [-0.25, -0.2) is 0 Å². The Bertz CT molecular complexity index is 1400. The van der Waals surface area contributed by atoms with Crippen LogP contribution in [0.2, 0.25) is 0 Å². The molecule has 2 aromatic carbocycles. The number of furan rings is 1. The Balaban J connectivity index is 1.45. The fraction of sp³-hybridized carbons (Fsp3) is 0.286. The quantitative estimate of drug-likeness (QED) is 0.349. The number of carbonyl (C=O) groups excluding carboxylic acids is 2. The fourth-order valence-corrected chi connectivity index (χ4v) is 5.90. The average Bonchev–Trinajstić information content (AvgIpc) is 3.35. The van der Waals surface area contributed by atoms with E-state index in [0.29, 0.717) is 28.5 Å². The molecule has 0 atom stereocenters. The summed E-state index contributed by atoms with van der Waals surface area (Å²) in [6, 6.07) is 13.9. The van der Waals surface area contributed by atoms with Gasteiger partial charge >= 0.3 is 0 Å². The highest BCUT2D eigenvalue weighted by atomic mass is 32.1. The van der Waals surface area contributed by atoms with Crippen LogP contribution in [0.4, 0.5) is 5.00 Å². The minimum atomic E-state index is -0.320. The first-order chi connectivity index (χ1) is 16.4. The van der Waals surface area contributed by atoms with Gasteiger partial charge in [0.25, 0.3) is 11.8 Å². The lowest BCUT2D eigenvalue weighted by atomic mass is 9.95. The lowest BCUT2D eigenvalue weighted by molar-refractivity contribution is 0.0951. The highest BCUT2D eigenvalue weighted by molar-refractivity contribution is 7.17. The molecule has 0 saturated carbocycles. The SMILES string of the molecule is Cc1cc2oc(C(=O)Nc3sc4c(c3C(=O)NCc3ccccc3)CCCC4)c(C)c2cc1C. The molecule has 0 saturated heterocycles. The Kier molecular flexibility index (Phi) is 6.00. The van der Waals surface area contributed by atoms with Crippen molar-refractivity contribution in [3.05, 3.63) is 86.5 Å². The predicted octanol–water partition coefficient (Wildman–Crippen LogP) is 6.48. The van der Waals surface area contributed by atoms with E-state index >= 15 is 0 Å². The zero-order valence-electron chi connectivity index (χ0n) is 19.7. The van der Waals surface area contributed by atoms with Crippen LogP contribution in [-0.4, -0.2) is 11.8 Å². The van der Waals surface area contributed by atoms with Crippen molar-refractivity contribution in [1.29, 1.82) is 0 Å². The van der Waals surface area contributed by atoms with E-state index in [1.54, 1.807) is 0 Å². The molecule has 2 aromatic heterocycles. The average molecular weight is 473 g/mol. The Hall–Kier alpha value is -3.38. The number of benzene rings is 2. The third-order valence-corrected chi connectivity index (χ3v) is 7.89. The second-order valence-corrected chi connectivity index (χ2v) is 10.1. The minimum Gasteiger partial charge on any atom is -0.451 e. The molecule has 2 amide bonds. The molecule has 6 heteroatoms. The zero-order valence-corrected chi connectivity index (χ0v) is 20.5. The Morgan fingerprint density at radius 3 is 2.50 bits per heavy atom. The maximum absolute atomic E-state index is 13.3. The van der Waals surface area contributed by atoms with Gasteiger partial charge in [0.05, 0.1) is 5.56 Å². The Morgan fingerprint density at radius 1 is 0.971 bits per heavy atom. The number of anilines is 1. The van der Waals surface area contributed by atoms with Crippen molar-refractivity contribution < 1.29 is 14.0 Å². The van der Waals surface area contributed by atoms with Crippen LogP contribution >= 0.6 is 11.3 Å². The fourth-order valence-electron chi connectivity index (χ4n) is 4.61. The highest BCUT2D eigenvalue weighted by Gasteiger charge is 2.28. The number of aryl methyl sites for hydroxylation is 4. The van der Waals surface area contributed by atoms with E-state index in [0.717, 1.165) is 58.9 Å². The number of nitrogens with one attached hydrogen (secondary N) is 2. The van der Waals surface area contributed by atoms with E-state index in [2.05, 4.69) is 23.6 Å². The van der Waals surface area contributed by atoms with Crippen molar-refractivity contribution in [3.63, 3.8) is 0 Å². The molecule has 4 aromatic rings. The summed E-state index contributed by atoms with van der Waals surface area (Å²) in [4.78, 5) is 27.8. The van der Waals surface area contributed by atoms with Gasteiger partial charge in [-0.2, -0.15) is 0 Å². The first kappa shape index (κ1) is 22.4. The van der Waals surface area contributed by atoms with Crippen molar-refractivity contribution in [2.75, 3.05) is 5.32 Å². The van der Waals surface area contributed by atoms with E-state index in [1.807, 2.05) is 50.2 Å². The largest absolute Gasteiger partial charge is 0.451 e. The molecule has 2 heterocycles. The number of hydrogen-bond acceptors (Lipinski definition) is 4. The second-order valence-electron chi connectivity index (χ2n) is 9.03. The number of rotatable bonds is 5. The second kappa shape index (κ2) is 9.11. The van der Waals surface area contributed by atoms with Crippen LogP contribution in [0.5, 0.6) is 0 Å². The van der Waals surface area contributed by atoms with Crippen molar-refractivity contribution >= 4 is 39.1 Å². The molecule has 174 valence electrons. The molecule has 0 unspecified atom stereocenters. The third-order valence-electron chi connectivity index (χ3n) is 6.68. The van der Waals surface area contributed by atoms with E-state index in [4.69, 9.17) is 4.42 Å².